The lowest BCUT2D eigenvalue weighted by molar-refractivity contribution is -0.145. The highest BCUT2D eigenvalue weighted by Crippen LogP contribution is 2.45. The molecule has 1 unspecified atom stereocenters. The quantitative estimate of drug-likeness (QED) is 0.190. The first-order valence-corrected chi connectivity index (χ1v) is 15.2. The van der Waals surface area contributed by atoms with Crippen LogP contribution in [0.1, 0.15) is 36.5 Å². The first-order chi connectivity index (χ1) is 22.7. The molecule has 246 valence electrons. The average molecular weight is 671 g/mol. The summed E-state index contributed by atoms with van der Waals surface area (Å²) in [6, 6.07) is 14.9. The van der Waals surface area contributed by atoms with Crippen LogP contribution in [0.4, 0.5) is 13.2 Å². The van der Waals surface area contributed by atoms with Crippen molar-refractivity contribution in [2.75, 3.05) is 33.1 Å². The van der Waals surface area contributed by atoms with Crippen LogP contribution in [0, 0.1) is 17.5 Å². The summed E-state index contributed by atoms with van der Waals surface area (Å²) in [5.41, 5.74) is 7.28. The smallest absolute Gasteiger partial charge is 0.336 e. The maximum absolute atomic E-state index is 14.0. The highest BCUT2D eigenvalue weighted by atomic mass is 35.5. The van der Waals surface area contributed by atoms with Gasteiger partial charge in [-0.25, -0.2) is 18.0 Å². The van der Waals surface area contributed by atoms with E-state index in [1.807, 2.05) is 4.90 Å². The van der Waals surface area contributed by atoms with Gasteiger partial charge in [-0.2, -0.15) is 0 Å². The van der Waals surface area contributed by atoms with Crippen molar-refractivity contribution in [2.45, 2.75) is 30.9 Å². The standard InChI is InChI=1S/C34H30ClF3N2O7/c35-26-4-2-1-3-24(26)30(29-18-43-19-46-29)47-32(41)25-17-40(34(10-11-34)33(39)42)12-9-23(25)20-5-7-22(8-6-20)44-13-14-45-31-27(37)15-21(36)16-28(31)38/h1-8,15-16,18,30H,9-14,17,19H2,(H2,39,42). The summed E-state index contributed by atoms with van der Waals surface area (Å²) in [5, 5.41) is 0.376. The first-order valence-electron chi connectivity index (χ1n) is 14.8. The summed E-state index contributed by atoms with van der Waals surface area (Å²) in [5.74, 6) is -4.36. The molecule has 0 bridgehead atoms. The van der Waals surface area contributed by atoms with Gasteiger partial charge in [0.2, 0.25) is 12.7 Å². The van der Waals surface area contributed by atoms with Gasteiger partial charge in [0.25, 0.3) is 0 Å². The topological polar surface area (TPSA) is 110 Å². The van der Waals surface area contributed by atoms with E-state index in [2.05, 4.69) is 0 Å². The summed E-state index contributed by atoms with van der Waals surface area (Å²) in [4.78, 5) is 28.3. The largest absolute Gasteiger partial charge is 0.490 e. The lowest BCUT2D eigenvalue weighted by atomic mass is 9.92. The Morgan fingerprint density at radius 3 is 2.34 bits per heavy atom. The Morgan fingerprint density at radius 1 is 1.00 bits per heavy atom. The molecule has 2 aliphatic heterocycles. The van der Waals surface area contributed by atoms with Crippen molar-refractivity contribution in [3.63, 3.8) is 0 Å². The van der Waals surface area contributed by atoms with Gasteiger partial charge < -0.3 is 29.4 Å². The van der Waals surface area contributed by atoms with Gasteiger partial charge in [0.15, 0.2) is 29.2 Å². The molecule has 0 spiro atoms. The van der Waals surface area contributed by atoms with E-state index in [1.54, 1.807) is 48.5 Å². The number of primary amides is 1. The number of halogens is 4. The van der Waals surface area contributed by atoms with Crippen molar-refractivity contribution < 1.29 is 46.4 Å². The zero-order valence-electron chi connectivity index (χ0n) is 25.0. The summed E-state index contributed by atoms with van der Waals surface area (Å²) >= 11 is 6.48. The normalized spacial score (nSPS) is 17.7. The van der Waals surface area contributed by atoms with E-state index >= 15 is 0 Å². The number of esters is 1. The van der Waals surface area contributed by atoms with Crippen molar-refractivity contribution in [3.8, 4) is 11.5 Å². The minimum Gasteiger partial charge on any atom is -0.490 e. The second kappa shape index (κ2) is 13.6. The van der Waals surface area contributed by atoms with E-state index in [1.165, 1.54) is 6.26 Å². The van der Waals surface area contributed by atoms with E-state index in [-0.39, 0.29) is 32.3 Å². The van der Waals surface area contributed by atoms with E-state index in [0.29, 0.717) is 59.8 Å². The average Bonchev–Trinajstić information content (AvgIpc) is 3.70. The monoisotopic (exact) mass is 670 g/mol. The number of ether oxygens (including phenoxy) is 5. The Labute approximate surface area is 273 Å². The highest BCUT2D eigenvalue weighted by Gasteiger charge is 2.54. The van der Waals surface area contributed by atoms with Crippen LogP contribution >= 0.6 is 11.6 Å². The third-order valence-electron chi connectivity index (χ3n) is 8.31. The van der Waals surface area contributed by atoms with E-state index in [0.717, 1.165) is 11.1 Å². The molecular formula is C34H30ClF3N2O7. The SMILES string of the molecule is NC(=O)C1(N2CCC(c3ccc(OCCOc4c(F)cc(F)cc4F)cc3)=C(C(=O)OC(C3=COCO3)c3ccccc3Cl)C2)CC1. The fourth-order valence-electron chi connectivity index (χ4n) is 5.72. The van der Waals surface area contributed by atoms with Crippen LogP contribution in [0.2, 0.25) is 5.02 Å². The number of carbonyl (C=O) groups is 2. The fraction of sp³-hybridized carbons (Fsp3) is 0.294. The molecular weight excluding hydrogens is 641 g/mol. The van der Waals surface area contributed by atoms with Crippen molar-refractivity contribution in [3.05, 3.63) is 112 Å². The number of nitrogens with two attached hydrogens (primary N) is 1. The Bertz CT molecular complexity index is 1720. The molecule has 1 saturated carbocycles. The van der Waals surface area contributed by atoms with Gasteiger partial charge in [0.1, 0.15) is 36.6 Å². The number of hydrogen-bond acceptors (Lipinski definition) is 8. The number of benzene rings is 3. The molecule has 2 N–H and O–H groups in total. The molecule has 9 nitrogen and oxygen atoms in total. The van der Waals surface area contributed by atoms with Crippen molar-refractivity contribution in [2.24, 2.45) is 5.73 Å². The Hall–Kier alpha value is -4.68. The van der Waals surface area contributed by atoms with Crippen LogP contribution in [0.5, 0.6) is 11.5 Å². The molecule has 2 heterocycles. The molecule has 13 heteroatoms. The van der Waals surface area contributed by atoms with Crippen LogP contribution in [0.3, 0.4) is 0 Å². The van der Waals surface area contributed by atoms with Crippen molar-refractivity contribution in [1.82, 2.24) is 4.90 Å². The van der Waals surface area contributed by atoms with E-state index < -0.39 is 46.7 Å². The Balaban J connectivity index is 1.21. The molecule has 3 aromatic carbocycles. The van der Waals surface area contributed by atoms with Gasteiger partial charge in [-0.05, 0) is 48.6 Å². The number of hydrogen-bond donors (Lipinski definition) is 1. The van der Waals surface area contributed by atoms with E-state index in [4.69, 9.17) is 41.0 Å². The molecule has 1 fully saturated rings. The van der Waals surface area contributed by atoms with Crippen LogP contribution in [0.25, 0.3) is 5.57 Å². The van der Waals surface area contributed by atoms with Gasteiger partial charge in [0, 0.05) is 35.8 Å². The Morgan fingerprint density at radius 2 is 1.70 bits per heavy atom. The van der Waals surface area contributed by atoms with Crippen LogP contribution in [0.15, 0.2) is 78.3 Å². The molecule has 6 rings (SSSR count). The maximum Gasteiger partial charge on any atom is 0.336 e. The van der Waals surface area contributed by atoms with Gasteiger partial charge >= 0.3 is 5.97 Å². The zero-order valence-corrected chi connectivity index (χ0v) is 25.7. The highest BCUT2D eigenvalue weighted by molar-refractivity contribution is 6.31. The van der Waals surface area contributed by atoms with Gasteiger partial charge in [0.05, 0.1) is 5.57 Å². The third-order valence-corrected chi connectivity index (χ3v) is 8.65. The van der Waals surface area contributed by atoms with Crippen LogP contribution in [-0.4, -0.2) is 55.4 Å². The second-order valence-electron chi connectivity index (χ2n) is 11.2. The first kappa shape index (κ1) is 32.3. The van der Waals surface area contributed by atoms with Crippen LogP contribution in [-0.2, 0) is 23.8 Å². The predicted molar refractivity (Wildman–Crippen MR) is 163 cm³/mol. The van der Waals surface area contributed by atoms with Gasteiger partial charge in [-0.15, -0.1) is 0 Å². The van der Waals surface area contributed by atoms with Gasteiger partial charge in [-0.1, -0.05) is 41.9 Å². The van der Waals surface area contributed by atoms with Crippen molar-refractivity contribution in [1.29, 1.82) is 0 Å². The number of nitrogens with zero attached hydrogens (tertiary/aromatic N) is 1. The zero-order chi connectivity index (χ0) is 33.1. The molecule has 47 heavy (non-hydrogen) atoms. The van der Waals surface area contributed by atoms with Gasteiger partial charge in [-0.3, -0.25) is 9.69 Å². The maximum atomic E-state index is 14.0. The summed E-state index contributed by atoms with van der Waals surface area (Å²) in [6.45, 7) is 0.353. The van der Waals surface area contributed by atoms with Crippen LogP contribution < -0.4 is 15.2 Å². The lowest BCUT2D eigenvalue weighted by Crippen LogP contribution is -2.50. The molecule has 1 amide bonds. The van der Waals surface area contributed by atoms with E-state index in [9.17, 15) is 22.8 Å². The molecule has 0 saturated heterocycles. The minimum atomic E-state index is -1.15. The number of carbonyl (C=O) groups excluding carboxylic acids is 2. The number of amides is 1. The molecule has 1 aliphatic carbocycles. The molecule has 1 atom stereocenters. The summed E-state index contributed by atoms with van der Waals surface area (Å²) in [6.07, 6.45) is 2.05. The molecule has 0 radical (unpaired) electrons. The lowest BCUT2D eigenvalue weighted by Gasteiger charge is -2.35. The molecule has 3 aromatic rings. The summed E-state index contributed by atoms with van der Waals surface area (Å²) < 4.78 is 68.4. The third kappa shape index (κ3) is 6.89. The molecule has 3 aliphatic rings. The number of rotatable bonds is 12. The second-order valence-corrected chi connectivity index (χ2v) is 11.6. The minimum absolute atomic E-state index is 0.0305. The Kier molecular flexibility index (Phi) is 9.33. The fourth-order valence-corrected chi connectivity index (χ4v) is 5.96. The molecule has 0 aromatic heterocycles. The predicted octanol–water partition coefficient (Wildman–Crippen LogP) is 5.82. The van der Waals surface area contributed by atoms with Crippen molar-refractivity contribution >= 4 is 29.1 Å². The summed E-state index contributed by atoms with van der Waals surface area (Å²) in [7, 11) is 0.